The molecule has 0 radical (unpaired) electrons. The molecule has 94 valence electrons. The van der Waals surface area contributed by atoms with Gasteiger partial charge in [0.25, 0.3) is 0 Å². The van der Waals surface area contributed by atoms with Crippen LogP contribution in [0.5, 0.6) is 0 Å². The Morgan fingerprint density at radius 3 is 2.47 bits per heavy atom. The molecule has 1 rings (SSSR count). The van der Waals surface area contributed by atoms with Gasteiger partial charge in [-0.2, -0.15) is 13.2 Å². The Labute approximate surface area is 94.9 Å². The molecule has 0 fully saturated rings. The van der Waals surface area contributed by atoms with Crippen molar-refractivity contribution in [1.82, 2.24) is 0 Å². The van der Waals surface area contributed by atoms with Gasteiger partial charge in [-0.25, -0.2) is 0 Å². The van der Waals surface area contributed by atoms with Crippen LogP contribution in [0.1, 0.15) is 23.5 Å². The lowest BCUT2D eigenvalue weighted by Gasteiger charge is -2.13. The summed E-state index contributed by atoms with van der Waals surface area (Å²) in [6, 6.07) is 4.08. The summed E-state index contributed by atoms with van der Waals surface area (Å²) >= 11 is 0. The zero-order chi connectivity index (χ0) is 13.1. The minimum Gasteiger partial charge on any atom is -0.481 e. The highest BCUT2D eigenvalue weighted by Gasteiger charge is 2.31. The van der Waals surface area contributed by atoms with E-state index in [0.717, 1.165) is 18.2 Å². The quantitative estimate of drug-likeness (QED) is 0.833. The lowest BCUT2D eigenvalue weighted by atomic mass is 9.95. The van der Waals surface area contributed by atoms with Gasteiger partial charge in [0.15, 0.2) is 0 Å². The molecule has 0 saturated heterocycles. The van der Waals surface area contributed by atoms with E-state index in [1.807, 2.05) is 0 Å². The molecule has 0 bridgehead atoms. The van der Waals surface area contributed by atoms with Crippen LogP contribution in [0.2, 0.25) is 0 Å². The number of aliphatic carboxylic acids is 1. The van der Waals surface area contributed by atoms with Gasteiger partial charge in [0, 0.05) is 5.92 Å². The molecular weight excluding hydrogens is 240 g/mol. The Morgan fingerprint density at radius 1 is 1.35 bits per heavy atom. The van der Waals surface area contributed by atoms with Crippen LogP contribution in [-0.2, 0) is 11.0 Å². The fourth-order valence-electron chi connectivity index (χ4n) is 1.44. The van der Waals surface area contributed by atoms with Crippen LogP contribution in [0.3, 0.4) is 0 Å². The van der Waals surface area contributed by atoms with Gasteiger partial charge in [0.1, 0.15) is 0 Å². The first-order valence-electron chi connectivity index (χ1n) is 4.79. The monoisotopic (exact) mass is 250 g/mol. The number of hydrogen-bond donors (Lipinski definition) is 1. The van der Waals surface area contributed by atoms with Crippen molar-refractivity contribution in [2.24, 2.45) is 0 Å². The average Bonchev–Trinajstić information content (AvgIpc) is 2.24. The molecule has 0 aliphatic heterocycles. The number of carbonyl (C=O) groups is 1. The van der Waals surface area contributed by atoms with E-state index < -0.39 is 36.7 Å². The van der Waals surface area contributed by atoms with E-state index in [1.54, 1.807) is 0 Å². The summed E-state index contributed by atoms with van der Waals surface area (Å²) in [6.07, 6.45) is -5.04. The number of carboxylic acids is 1. The maximum Gasteiger partial charge on any atom is 0.416 e. The second-order valence-corrected chi connectivity index (χ2v) is 3.57. The van der Waals surface area contributed by atoms with Crippen molar-refractivity contribution in [2.45, 2.75) is 18.5 Å². The Bertz CT molecular complexity index is 401. The van der Waals surface area contributed by atoms with Gasteiger partial charge in [0.05, 0.1) is 18.7 Å². The topological polar surface area (TPSA) is 37.3 Å². The number of rotatable bonds is 4. The largest absolute Gasteiger partial charge is 0.481 e. The SMILES string of the molecule is O=C(O)CC(CF)c1cccc(C(F)(F)F)c1. The minimum absolute atomic E-state index is 0.0460. The standard InChI is InChI=1S/C11H10F4O2/c12-6-8(5-10(16)17)7-2-1-3-9(4-7)11(13,14)15/h1-4,8H,5-6H2,(H,16,17). The molecule has 17 heavy (non-hydrogen) atoms. The number of alkyl halides is 4. The van der Waals surface area contributed by atoms with E-state index in [-0.39, 0.29) is 5.56 Å². The number of carboxylic acid groups (broad SMARTS) is 1. The number of halogens is 4. The number of hydrogen-bond acceptors (Lipinski definition) is 1. The molecule has 1 aromatic carbocycles. The second-order valence-electron chi connectivity index (χ2n) is 3.57. The summed E-state index contributed by atoms with van der Waals surface area (Å²) < 4.78 is 49.8. The zero-order valence-corrected chi connectivity index (χ0v) is 8.67. The van der Waals surface area contributed by atoms with E-state index >= 15 is 0 Å². The van der Waals surface area contributed by atoms with E-state index in [2.05, 4.69) is 0 Å². The molecular formula is C11H10F4O2. The molecule has 1 unspecified atom stereocenters. The summed E-state index contributed by atoms with van der Waals surface area (Å²) in [5, 5.41) is 8.52. The normalized spacial score (nSPS) is 13.4. The van der Waals surface area contributed by atoms with Crippen LogP contribution in [0, 0.1) is 0 Å². The van der Waals surface area contributed by atoms with Gasteiger partial charge in [-0.1, -0.05) is 18.2 Å². The van der Waals surface area contributed by atoms with Crippen molar-refractivity contribution in [3.8, 4) is 0 Å². The fraction of sp³-hybridized carbons (Fsp3) is 0.364. The molecule has 0 saturated carbocycles. The van der Waals surface area contributed by atoms with E-state index in [1.165, 1.54) is 6.07 Å². The average molecular weight is 250 g/mol. The molecule has 0 aliphatic carbocycles. The first-order valence-corrected chi connectivity index (χ1v) is 4.79. The summed E-state index contributed by atoms with van der Waals surface area (Å²) in [6.45, 7) is -1.01. The molecule has 2 nitrogen and oxygen atoms in total. The van der Waals surface area contributed by atoms with Gasteiger partial charge in [-0.3, -0.25) is 9.18 Å². The van der Waals surface area contributed by atoms with Crippen molar-refractivity contribution in [3.63, 3.8) is 0 Å². The van der Waals surface area contributed by atoms with Crippen molar-refractivity contribution in [2.75, 3.05) is 6.67 Å². The molecule has 0 heterocycles. The third kappa shape index (κ3) is 3.72. The number of benzene rings is 1. The highest BCUT2D eigenvalue weighted by molar-refractivity contribution is 5.68. The van der Waals surface area contributed by atoms with E-state index in [9.17, 15) is 22.4 Å². The third-order valence-corrected chi connectivity index (χ3v) is 2.29. The maximum absolute atomic E-state index is 12.6. The summed E-state index contributed by atoms with van der Waals surface area (Å²) in [7, 11) is 0. The van der Waals surface area contributed by atoms with Crippen LogP contribution >= 0.6 is 0 Å². The zero-order valence-electron chi connectivity index (χ0n) is 8.67. The Balaban J connectivity index is 3.01. The highest BCUT2D eigenvalue weighted by Crippen LogP contribution is 2.31. The second kappa shape index (κ2) is 5.16. The van der Waals surface area contributed by atoms with Gasteiger partial charge in [0.2, 0.25) is 0 Å². The van der Waals surface area contributed by atoms with Crippen molar-refractivity contribution >= 4 is 5.97 Å². The lowest BCUT2D eigenvalue weighted by molar-refractivity contribution is -0.138. The van der Waals surface area contributed by atoms with Crippen LogP contribution < -0.4 is 0 Å². The van der Waals surface area contributed by atoms with Crippen molar-refractivity contribution in [1.29, 1.82) is 0 Å². The minimum atomic E-state index is -4.51. The predicted molar refractivity (Wildman–Crippen MR) is 52.4 cm³/mol. The first kappa shape index (κ1) is 13.5. The molecule has 1 atom stereocenters. The van der Waals surface area contributed by atoms with E-state index in [0.29, 0.717) is 0 Å². The first-order chi connectivity index (χ1) is 7.84. The summed E-state index contributed by atoms with van der Waals surface area (Å²) in [5.74, 6) is -2.29. The lowest BCUT2D eigenvalue weighted by Crippen LogP contribution is -2.10. The van der Waals surface area contributed by atoms with Crippen LogP contribution in [0.25, 0.3) is 0 Å². The summed E-state index contributed by atoms with van der Waals surface area (Å²) in [4.78, 5) is 10.4. The van der Waals surface area contributed by atoms with Crippen LogP contribution in [0.4, 0.5) is 17.6 Å². The fourth-order valence-corrected chi connectivity index (χ4v) is 1.44. The van der Waals surface area contributed by atoms with Crippen molar-refractivity contribution in [3.05, 3.63) is 35.4 Å². The molecule has 1 N–H and O–H groups in total. The maximum atomic E-state index is 12.6. The molecule has 0 spiro atoms. The molecule has 1 aromatic rings. The Morgan fingerprint density at radius 2 is 2.00 bits per heavy atom. The van der Waals surface area contributed by atoms with Gasteiger partial charge in [-0.05, 0) is 11.6 Å². The van der Waals surface area contributed by atoms with Gasteiger partial charge >= 0.3 is 12.1 Å². The molecule has 0 aromatic heterocycles. The van der Waals surface area contributed by atoms with Gasteiger partial charge in [-0.15, -0.1) is 0 Å². The molecule has 6 heteroatoms. The smallest absolute Gasteiger partial charge is 0.416 e. The Hall–Kier alpha value is -1.59. The summed E-state index contributed by atoms with van der Waals surface area (Å²) in [5.41, 5.74) is -0.858. The molecule has 0 aliphatic rings. The third-order valence-electron chi connectivity index (χ3n) is 2.29. The molecule has 0 amide bonds. The van der Waals surface area contributed by atoms with E-state index in [4.69, 9.17) is 5.11 Å². The van der Waals surface area contributed by atoms with Crippen molar-refractivity contribution < 1.29 is 27.5 Å². The van der Waals surface area contributed by atoms with Crippen LogP contribution in [-0.4, -0.2) is 17.8 Å². The van der Waals surface area contributed by atoms with Crippen LogP contribution in [0.15, 0.2) is 24.3 Å². The Kier molecular flexibility index (Phi) is 4.09. The predicted octanol–water partition coefficient (Wildman–Crippen LogP) is 3.23. The van der Waals surface area contributed by atoms with Gasteiger partial charge < -0.3 is 5.11 Å². The highest BCUT2D eigenvalue weighted by atomic mass is 19.4.